The number of hydrogen-bond acceptors (Lipinski definition) is 3. The van der Waals surface area contributed by atoms with E-state index in [1.807, 2.05) is 0 Å². The third kappa shape index (κ3) is 18.7. The van der Waals surface area contributed by atoms with Crippen molar-refractivity contribution >= 4 is 18.9 Å². The lowest BCUT2D eigenvalue weighted by Crippen LogP contribution is -2.02. The lowest BCUT2D eigenvalue weighted by Gasteiger charge is -2.04. The average Bonchev–Trinajstić information content (AvgIpc) is 2.57. The van der Waals surface area contributed by atoms with Crippen LogP contribution in [0.25, 0.3) is 0 Å². The van der Waals surface area contributed by atoms with Crippen LogP contribution in [-0.4, -0.2) is 20.3 Å². The summed E-state index contributed by atoms with van der Waals surface area (Å²) in [5.74, 6) is 0.0822. The van der Waals surface area contributed by atoms with Crippen molar-refractivity contribution in [2.45, 2.75) is 110 Å². The Kier molecular flexibility index (Phi) is 18.4. The molecule has 0 saturated carbocycles. The minimum atomic E-state index is -3.23. The van der Waals surface area contributed by atoms with Crippen LogP contribution >= 0.6 is 8.81 Å². The molecule has 0 aliphatic rings. The first kappa shape index (κ1) is 24.3. The standard InChI is InChI=1S/C19H41O3PS/c1-3-5-6-7-8-9-10-11-12-13-14-15-16-17-18-19-23-22-24(20,21)4-2/h23H,3-19H2,1-2H3. The second-order valence-corrected chi connectivity index (χ2v) is 9.92. The topological polar surface area (TPSA) is 43.4 Å². The van der Waals surface area contributed by atoms with E-state index >= 15 is 0 Å². The Hall–Kier alpha value is 0.340. The van der Waals surface area contributed by atoms with Crippen LogP contribution in [0.1, 0.15) is 110 Å². The second kappa shape index (κ2) is 18.1. The Bertz CT molecular complexity index is 345. The highest BCUT2D eigenvalue weighted by Crippen LogP contribution is 2.19. The van der Waals surface area contributed by atoms with Gasteiger partial charge >= 0.3 is 0 Å². The van der Waals surface area contributed by atoms with Gasteiger partial charge in [-0.3, -0.25) is 3.97 Å². The normalized spacial score (nSPS) is 12.4. The molecular weight excluding hydrogens is 339 g/mol. The molecule has 146 valence electrons. The molecule has 24 heavy (non-hydrogen) atoms. The second-order valence-electron chi connectivity index (χ2n) is 6.77. The molecule has 0 rings (SSSR count). The predicted octanol–water partition coefficient (Wildman–Crippen LogP) is 6.82. The van der Waals surface area contributed by atoms with Crippen molar-refractivity contribution in [1.82, 2.24) is 0 Å². The molecule has 0 aliphatic heterocycles. The van der Waals surface area contributed by atoms with E-state index in [-0.39, 0.29) is 14.6 Å². The molecule has 0 spiro atoms. The Morgan fingerprint density at radius 3 is 1.38 bits per heavy atom. The summed E-state index contributed by atoms with van der Waals surface area (Å²) in [6, 6.07) is 0. The van der Waals surface area contributed by atoms with Gasteiger partial charge < -0.3 is 0 Å². The summed E-state index contributed by atoms with van der Waals surface area (Å²) in [5, 5.41) is 0. The molecule has 0 bridgehead atoms. The van der Waals surface area contributed by atoms with Gasteiger partial charge in [0.15, 0.2) is 0 Å². The van der Waals surface area contributed by atoms with E-state index < -0.39 is 10.1 Å². The van der Waals surface area contributed by atoms with E-state index in [0.717, 1.165) is 12.6 Å². The molecule has 0 amide bonds. The summed E-state index contributed by atoms with van der Waals surface area (Å²) in [6.45, 7) is 3.89. The van der Waals surface area contributed by atoms with Crippen LogP contribution in [0.4, 0.5) is 0 Å². The van der Waals surface area contributed by atoms with Crippen LogP contribution in [-0.2, 0) is 14.1 Å². The van der Waals surface area contributed by atoms with Crippen LogP contribution in [0.2, 0.25) is 0 Å². The molecule has 0 saturated heterocycles. The highest BCUT2D eigenvalue weighted by molar-refractivity contribution is 7.89. The highest BCUT2D eigenvalue weighted by Gasteiger charge is 2.06. The molecule has 1 unspecified atom stereocenters. The van der Waals surface area contributed by atoms with E-state index in [9.17, 15) is 8.42 Å². The van der Waals surface area contributed by atoms with Gasteiger partial charge in [-0.1, -0.05) is 96.8 Å². The smallest absolute Gasteiger partial charge is 0.251 e. The van der Waals surface area contributed by atoms with E-state index in [2.05, 4.69) is 6.92 Å². The monoisotopic (exact) mass is 380 g/mol. The molecule has 0 fully saturated rings. The van der Waals surface area contributed by atoms with Crippen molar-refractivity contribution in [1.29, 1.82) is 0 Å². The molecule has 0 radical (unpaired) electrons. The van der Waals surface area contributed by atoms with Gasteiger partial charge in [0.1, 0.15) is 0 Å². The SMILES string of the molecule is CCCCCCCCCCCCCCCCCPOS(=O)(=O)CC. The molecular formula is C19H41O3PS. The van der Waals surface area contributed by atoms with Gasteiger partial charge in [-0.05, 0) is 19.5 Å². The first-order valence-electron chi connectivity index (χ1n) is 10.3. The van der Waals surface area contributed by atoms with Gasteiger partial charge in [0.05, 0.1) is 5.75 Å². The molecule has 0 N–H and O–H groups in total. The number of hydrogen-bond donors (Lipinski definition) is 0. The van der Waals surface area contributed by atoms with Crippen molar-refractivity contribution in [3.05, 3.63) is 0 Å². The maximum Gasteiger partial charge on any atom is 0.269 e. The number of unbranched alkanes of at least 4 members (excludes halogenated alkanes) is 14. The highest BCUT2D eigenvalue weighted by atomic mass is 32.2. The van der Waals surface area contributed by atoms with E-state index in [4.69, 9.17) is 3.97 Å². The molecule has 5 heteroatoms. The van der Waals surface area contributed by atoms with Gasteiger partial charge in [0.25, 0.3) is 10.1 Å². The molecule has 0 aromatic carbocycles. The average molecular weight is 381 g/mol. The molecule has 0 aromatic rings. The summed E-state index contributed by atoms with van der Waals surface area (Å²) in [7, 11) is -3.11. The molecule has 1 atom stereocenters. The summed E-state index contributed by atoms with van der Waals surface area (Å²) in [4.78, 5) is 0. The zero-order valence-corrected chi connectivity index (χ0v) is 18.0. The lowest BCUT2D eigenvalue weighted by atomic mass is 10.0. The number of rotatable bonds is 19. The Balaban J connectivity index is 3.08. The quantitative estimate of drug-likeness (QED) is 0.182. The summed E-state index contributed by atoms with van der Waals surface area (Å²) < 4.78 is 27.2. The molecule has 3 nitrogen and oxygen atoms in total. The van der Waals surface area contributed by atoms with Gasteiger partial charge in [0, 0.05) is 8.81 Å². The van der Waals surface area contributed by atoms with Gasteiger partial charge in [0.2, 0.25) is 0 Å². The van der Waals surface area contributed by atoms with E-state index in [1.165, 1.54) is 89.9 Å². The van der Waals surface area contributed by atoms with Gasteiger partial charge in [-0.2, -0.15) is 8.42 Å². The minimum Gasteiger partial charge on any atom is -0.251 e. The third-order valence-corrected chi connectivity index (χ3v) is 7.17. The predicted molar refractivity (Wildman–Crippen MR) is 109 cm³/mol. The maximum absolute atomic E-state index is 11.1. The Labute approximate surface area is 153 Å². The molecule has 0 aliphatic carbocycles. The first-order valence-corrected chi connectivity index (χ1v) is 13.0. The van der Waals surface area contributed by atoms with Gasteiger partial charge in [-0.15, -0.1) is 0 Å². The zero-order valence-electron chi connectivity index (χ0n) is 16.2. The van der Waals surface area contributed by atoms with Crippen molar-refractivity contribution < 1.29 is 12.4 Å². The van der Waals surface area contributed by atoms with Crippen molar-refractivity contribution in [3.63, 3.8) is 0 Å². The van der Waals surface area contributed by atoms with Gasteiger partial charge in [-0.25, -0.2) is 0 Å². The molecule has 0 aromatic heterocycles. The summed E-state index contributed by atoms with van der Waals surface area (Å²) in [6.07, 6.45) is 21.3. The van der Waals surface area contributed by atoms with Crippen LogP contribution in [0.15, 0.2) is 0 Å². The fourth-order valence-electron chi connectivity index (χ4n) is 2.76. The largest absolute Gasteiger partial charge is 0.269 e. The Morgan fingerprint density at radius 2 is 1.00 bits per heavy atom. The minimum absolute atomic E-state index is 0.0822. The van der Waals surface area contributed by atoms with E-state index in [0.29, 0.717) is 0 Å². The van der Waals surface area contributed by atoms with Crippen LogP contribution in [0.3, 0.4) is 0 Å². The van der Waals surface area contributed by atoms with E-state index in [1.54, 1.807) is 6.92 Å². The third-order valence-electron chi connectivity index (χ3n) is 4.42. The zero-order chi connectivity index (χ0) is 17.9. The fourth-order valence-corrected chi connectivity index (χ4v) is 4.68. The molecule has 0 heterocycles. The summed E-state index contributed by atoms with van der Waals surface area (Å²) in [5.41, 5.74) is 0. The van der Waals surface area contributed by atoms with Crippen LogP contribution in [0, 0.1) is 0 Å². The van der Waals surface area contributed by atoms with Crippen molar-refractivity contribution in [2.24, 2.45) is 0 Å². The lowest BCUT2D eigenvalue weighted by molar-refractivity contribution is 0.513. The first-order chi connectivity index (χ1) is 11.6. The fraction of sp³-hybridized carbons (Fsp3) is 1.00. The van der Waals surface area contributed by atoms with Crippen molar-refractivity contribution in [3.8, 4) is 0 Å². The maximum atomic E-state index is 11.1. The van der Waals surface area contributed by atoms with Crippen LogP contribution in [0.5, 0.6) is 0 Å². The Morgan fingerprint density at radius 1 is 0.625 bits per heavy atom. The van der Waals surface area contributed by atoms with Crippen LogP contribution < -0.4 is 0 Å². The summed E-state index contributed by atoms with van der Waals surface area (Å²) >= 11 is 0. The van der Waals surface area contributed by atoms with Crippen molar-refractivity contribution in [2.75, 3.05) is 11.9 Å².